The van der Waals surface area contributed by atoms with Crippen LogP contribution in [0.5, 0.6) is 5.75 Å². The smallest absolute Gasteiger partial charge is 0.339 e. The van der Waals surface area contributed by atoms with Gasteiger partial charge in [0.2, 0.25) is 5.91 Å². The van der Waals surface area contributed by atoms with Gasteiger partial charge in [-0.15, -0.1) is 0 Å². The molecular weight excluding hydrogens is 374 g/mol. The average molecular weight is 399 g/mol. The Morgan fingerprint density at radius 3 is 2.66 bits per heavy atom. The third-order valence-electron chi connectivity index (χ3n) is 4.98. The number of aryl methyl sites for hydroxylation is 1. The van der Waals surface area contributed by atoms with Crippen molar-refractivity contribution in [3.8, 4) is 5.75 Å². The lowest BCUT2D eigenvalue weighted by molar-refractivity contribution is -0.128. The van der Waals surface area contributed by atoms with Crippen LogP contribution in [0.3, 0.4) is 0 Å². The second kappa shape index (κ2) is 8.38. The number of carbonyl (C=O) groups excluding carboxylic acids is 3. The highest BCUT2D eigenvalue weighted by Gasteiger charge is 2.33. The summed E-state index contributed by atoms with van der Waals surface area (Å²) in [6.45, 7) is 5.80. The minimum atomic E-state index is -0.791. The van der Waals surface area contributed by atoms with Gasteiger partial charge in [-0.25, -0.2) is 4.79 Å². The van der Waals surface area contributed by atoms with Crippen molar-refractivity contribution in [3.63, 3.8) is 0 Å². The van der Waals surface area contributed by atoms with Gasteiger partial charge in [0.05, 0.1) is 24.4 Å². The number of para-hydroxylation sites is 2. The SMILES string of the molecule is CCOC(=O)c1cc(C)n(CC(=O)N2C[C@@H](C(=O)NC)Oc3ccccc32)c1C. The van der Waals surface area contributed by atoms with E-state index in [-0.39, 0.29) is 31.5 Å². The van der Waals surface area contributed by atoms with Crippen LogP contribution in [-0.4, -0.2) is 48.7 Å². The number of nitrogens with one attached hydrogen (secondary N) is 1. The van der Waals surface area contributed by atoms with E-state index in [1.54, 1.807) is 47.6 Å². The molecule has 0 fully saturated rings. The molecule has 8 heteroatoms. The van der Waals surface area contributed by atoms with E-state index in [9.17, 15) is 14.4 Å². The Labute approximate surface area is 169 Å². The van der Waals surface area contributed by atoms with E-state index in [1.165, 1.54) is 7.05 Å². The van der Waals surface area contributed by atoms with Gasteiger partial charge in [0, 0.05) is 18.4 Å². The molecule has 0 saturated carbocycles. The monoisotopic (exact) mass is 399 g/mol. The molecule has 29 heavy (non-hydrogen) atoms. The lowest BCUT2D eigenvalue weighted by Crippen LogP contribution is -2.50. The molecule has 1 aromatic heterocycles. The quantitative estimate of drug-likeness (QED) is 0.775. The Kier molecular flexibility index (Phi) is 5.91. The number of hydrogen-bond donors (Lipinski definition) is 1. The maximum atomic E-state index is 13.2. The molecule has 0 unspecified atom stereocenters. The number of fused-ring (bicyclic) bond motifs is 1. The number of aromatic nitrogens is 1. The van der Waals surface area contributed by atoms with Crippen LogP contribution in [0.15, 0.2) is 30.3 Å². The van der Waals surface area contributed by atoms with Gasteiger partial charge < -0.3 is 24.3 Å². The fourth-order valence-corrected chi connectivity index (χ4v) is 3.45. The van der Waals surface area contributed by atoms with E-state index in [2.05, 4.69) is 5.32 Å². The number of likely N-dealkylation sites (N-methyl/N-ethyl adjacent to an activating group) is 1. The van der Waals surface area contributed by atoms with Crippen molar-refractivity contribution in [2.75, 3.05) is 25.1 Å². The molecule has 8 nitrogen and oxygen atoms in total. The Morgan fingerprint density at radius 2 is 1.97 bits per heavy atom. The van der Waals surface area contributed by atoms with Crippen molar-refractivity contribution in [1.82, 2.24) is 9.88 Å². The molecule has 0 radical (unpaired) electrons. The predicted molar refractivity (Wildman–Crippen MR) is 107 cm³/mol. The van der Waals surface area contributed by atoms with E-state index >= 15 is 0 Å². The van der Waals surface area contributed by atoms with Gasteiger partial charge in [0.15, 0.2) is 6.10 Å². The Hall–Kier alpha value is -3.29. The van der Waals surface area contributed by atoms with Gasteiger partial charge >= 0.3 is 5.97 Å². The summed E-state index contributed by atoms with van der Waals surface area (Å²) in [5.74, 6) is -0.424. The summed E-state index contributed by atoms with van der Waals surface area (Å²) in [6.07, 6.45) is -0.791. The van der Waals surface area contributed by atoms with Gasteiger partial charge in [-0.3, -0.25) is 9.59 Å². The molecule has 2 amide bonds. The standard InChI is InChI=1S/C21H25N3O5/c1-5-28-21(27)15-10-13(2)23(14(15)3)12-19(25)24-11-18(20(26)22-4)29-17-9-7-6-8-16(17)24/h6-10,18H,5,11-12H2,1-4H3,(H,22,26)/t18-/m0/s1. The highest BCUT2D eigenvalue weighted by Crippen LogP contribution is 2.33. The lowest BCUT2D eigenvalue weighted by Gasteiger charge is -2.34. The van der Waals surface area contributed by atoms with Crippen molar-refractivity contribution >= 4 is 23.5 Å². The summed E-state index contributed by atoms with van der Waals surface area (Å²) < 4.78 is 12.6. The zero-order chi connectivity index (χ0) is 21.1. The summed E-state index contributed by atoms with van der Waals surface area (Å²) in [7, 11) is 1.53. The van der Waals surface area contributed by atoms with E-state index in [4.69, 9.17) is 9.47 Å². The topological polar surface area (TPSA) is 89.9 Å². The number of anilines is 1. The van der Waals surface area contributed by atoms with Gasteiger partial charge in [0.1, 0.15) is 12.3 Å². The van der Waals surface area contributed by atoms with Crippen molar-refractivity contribution in [3.05, 3.63) is 47.3 Å². The Morgan fingerprint density at radius 1 is 1.24 bits per heavy atom. The summed E-state index contributed by atoms with van der Waals surface area (Å²) in [5.41, 5.74) is 2.51. The highest BCUT2D eigenvalue weighted by molar-refractivity contribution is 5.97. The Bertz CT molecular complexity index is 950. The molecule has 0 aliphatic carbocycles. The second-order valence-corrected chi connectivity index (χ2v) is 6.78. The molecule has 2 heterocycles. The van der Waals surface area contributed by atoms with Crippen molar-refractivity contribution < 1.29 is 23.9 Å². The van der Waals surface area contributed by atoms with Gasteiger partial charge in [-0.1, -0.05) is 12.1 Å². The molecule has 1 aliphatic rings. The number of carbonyl (C=O) groups is 3. The molecule has 1 aromatic carbocycles. The van der Waals surface area contributed by atoms with Crippen LogP contribution in [0.4, 0.5) is 5.69 Å². The molecular formula is C21H25N3O5. The molecule has 1 atom stereocenters. The first-order valence-electron chi connectivity index (χ1n) is 9.48. The van der Waals surface area contributed by atoms with E-state index in [0.717, 1.165) is 5.69 Å². The maximum Gasteiger partial charge on any atom is 0.339 e. The molecule has 3 rings (SSSR count). The summed E-state index contributed by atoms with van der Waals surface area (Å²) in [4.78, 5) is 39.0. The number of hydrogen-bond acceptors (Lipinski definition) is 5. The predicted octanol–water partition coefficient (Wildman–Crippen LogP) is 1.82. The molecule has 1 aliphatic heterocycles. The van der Waals surface area contributed by atoms with Gasteiger partial charge in [-0.05, 0) is 39.0 Å². The third-order valence-corrected chi connectivity index (χ3v) is 4.98. The average Bonchev–Trinajstić information content (AvgIpc) is 3.00. The molecule has 0 saturated heterocycles. The maximum absolute atomic E-state index is 13.2. The molecule has 154 valence electrons. The zero-order valence-corrected chi connectivity index (χ0v) is 17.0. The fraction of sp³-hybridized carbons (Fsp3) is 0.381. The third kappa shape index (κ3) is 3.96. The number of esters is 1. The number of ether oxygens (including phenoxy) is 2. The van der Waals surface area contributed by atoms with E-state index in [1.807, 2.05) is 13.0 Å². The first kappa shape index (κ1) is 20.4. The number of benzene rings is 1. The lowest BCUT2D eigenvalue weighted by atomic mass is 10.1. The van der Waals surface area contributed by atoms with Crippen LogP contribution in [0.1, 0.15) is 28.7 Å². The van der Waals surface area contributed by atoms with Crippen LogP contribution in [0, 0.1) is 13.8 Å². The summed E-state index contributed by atoms with van der Waals surface area (Å²) in [5, 5.41) is 2.56. The fourth-order valence-electron chi connectivity index (χ4n) is 3.45. The molecule has 0 bridgehead atoms. The van der Waals surface area contributed by atoms with Crippen LogP contribution >= 0.6 is 0 Å². The first-order chi connectivity index (χ1) is 13.9. The minimum Gasteiger partial charge on any atom is -0.477 e. The second-order valence-electron chi connectivity index (χ2n) is 6.78. The van der Waals surface area contributed by atoms with Crippen LogP contribution in [-0.2, 0) is 20.9 Å². The zero-order valence-electron chi connectivity index (χ0n) is 17.0. The normalized spacial score (nSPS) is 15.3. The summed E-state index contributed by atoms with van der Waals surface area (Å²) in [6, 6.07) is 8.84. The van der Waals surface area contributed by atoms with Crippen molar-refractivity contribution in [1.29, 1.82) is 0 Å². The van der Waals surface area contributed by atoms with Crippen LogP contribution < -0.4 is 15.0 Å². The highest BCUT2D eigenvalue weighted by atomic mass is 16.5. The first-order valence-corrected chi connectivity index (χ1v) is 9.48. The minimum absolute atomic E-state index is 0.0336. The van der Waals surface area contributed by atoms with Crippen molar-refractivity contribution in [2.24, 2.45) is 0 Å². The molecule has 2 aromatic rings. The van der Waals surface area contributed by atoms with E-state index < -0.39 is 12.1 Å². The van der Waals surface area contributed by atoms with Crippen LogP contribution in [0.25, 0.3) is 0 Å². The number of nitrogens with zero attached hydrogens (tertiary/aromatic N) is 2. The number of rotatable bonds is 5. The molecule has 0 spiro atoms. The largest absolute Gasteiger partial charge is 0.477 e. The van der Waals surface area contributed by atoms with Gasteiger partial charge in [-0.2, -0.15) is 0 Å². The number of amides is 2. The molecule has 1 N–H and O–H groups in total. The van der Waals surface area contributed by atoms with Crippen molar-refractivity contribution in [2.45, 2.75) is 33.4 Å². The van der Waals surface area contributed by atoms with Crippen LogP contribution in [0.2, 0.25) is 0 Å². The Balaban J connectivity index is 1.89. The van der Waals surface area contributed by atoms with Gasteiger partial charge in [0.25, 0.3) is 5.91 Å². The summed E-state index contributed by atoms with van der Waals surface area (Å²) >= 11 is 0. The van der Waals surface area contributed by atoms with E-state index in [0.29, 0.717) is 22.7 Å².